The molecule has 1 saturated heterocycles. The summed E-state index contributed by atoms with van der Waals surface area (Å²) in [6.07, 6.45) is 0. The maximum atomic E-state index is 12.6. The van der Waals surface area contributed by atoms with E-state index >= 15 is 0 Å². The Hall–Kier alpha value is -1.37. The number of piperazine rings is 1. The molecule has 0 spiro atoms. The lowest BCUT2D eigenvalue weighted by Crippen LogP contribution is -2.58. The summed E-state index contributed by atoms with van der Waals surface area (Å²) >= 11 is 5.91. The Morgan fingerprint density at radius 3 is 2.75 bits per heavy atom. The summed E-state index contributed by atoms with van der Waals surface area (Å²) in [6, 6.07) is 3.18. The first-order valence-electron chi connectivity index (χ1n) is 6.48. The fourth-order valence-electron chi connectivity index (χ4n) is 2.29. The molecular formula is C13H20ClN5O. The van der Waals surface area contributed by atoms with E-state index in [-0.39, 0.29) is 16.6 Å². The SMILES string of the molecule is CN1CCN(C(=O)c2cc(Cl)nc(NN)c2)CC1(C)C. The van der Waals surface area contributed by atoms with Crippen LogP contribution in [0.2, 0.25) is 5.15 Å². The Morgan fingerprint density at radius 2 is 2.15 bits per heavy atom. The highest BCUT2D eigenvalue weighted by atomic mass is 35.5. The molecule has 0 aliphatic carbocycles. The van der Waals surface area contributed by atoms with E-state index in [1.165, 1.54) is 0 Å². The van der Waals surface area contributed by atoms with Gasteiger partial charge in [-0.3, -0.25) is 9.69 Å². The zero-order chi connectivity index (χ0) is 14.9. The molecule has 0 aromatic carbocycles. The fraction of sp³-hybridized carbons (Fsp3) is 0.538. The molecule has 2 rings (SSSR count). The Bertz CT molecular complexity index is 519. The van der Waals surface area contributed by atoms with E-state index < -0.39 is 0 Å². The number of rotatable bonds is 2. The number of amides is 1. The van der Waals surface area contributed by atoms with Crippen molar-refractivity contribution in [3.05, 3.63) is 22.8 Å². The van der Waals surface area contributed by atoms with Crippen molar-refractivity contribution >= 4 is 23.3 Å². The summed E-state index contributed by atoms with van der Waals surface area (Å²) in [4.78, 5) is 20.6. The van der Waals surface area contributed by atoms with Crippen LogP contribution in [0.25, 0.3) is 0 Å². The van der Waals surface area contributed by atoms with Crippen molar-refractivity contribution in [3.8, 4) is 0 Å². The highest BCUT2D eigenvalue weighted by Gasteiger charge is 2.33. The van der Waals surface area contributed by atoms with Gasteiger partial charge in [-0.1, -0.05) is 11.6 Å². The van der Waals surface area contributed by atoms with Crippen molar-refractivity contribution < 1.29 is 4.79 Å². The molecule has 20 heavy (non-hydrogen) atoms. The molecule has 7 heteroatoms. The van der Waals surface area contributed by atoms with E-state index in [1.54, 1.807) is 12.1 Å². The lowest BCUT2D eigenvalue weighted by Gasteiger charge is -2.45. The third-order valence-corrected chi connectivity index (χ3v) is 3.99. The Balaban J connectivity index is 2.21. The van der Waals surface area contributed by atoms with Gasteiger partial charge in [0.2, 0.25) is 0 Å². The summed E-state index contributed by atoms with van der Waals surface area (Å²) in [5.74, 6) is 5.66. The van der Waals surface area contributed by atoms with Gasteiger partial charge in [0.25, 0.3) is 5.91 Å². The van der Waals surface area contributed by atoms with E-state index in [0.29, 0.717) is 24.5 Å². The van der Waals surface area contributed by atoms with Gasteiger partial charge in [0.05, 0.1) is 0 Å². The van der Waals surface area contributed by atoms with Crippen LogP contribution in [0.5, 0.6) is 0 Å². The maximum Gasteiger partial charge on any atom is 0.254 e. The Kier molecular flexibility index (Phi) is 4.17. The standard InChI is InChI=1S/C13H20ClN5O/c1-13(2)8-19(5-4-18(13)3)12(20)9-6-10(14)16-11(7-9)17-15/h6-7H,4-5,8,15H2,1-3H3,(H,16,17). The summed E-state index contributed by atoms with van der Waals surface area (Å²) in [5, 5.41) is 0.247. The number of nitrogen functional groups attached to an aromatic ring is 1. The number of likely N-dealkylation sites (N-methyl/N-ethyl adjacent to an activating group) is 1. The number of hydrazine groups is 1. The second-order valence-corrected chi connectivity index (χ2v) is 6.06. The number of anilines is 1. The molecule has 110 valence electrons. The molecule has 0 radical (unpaired) electrons. The summed E-state index contributed by atoms with van der Waals surface area (Å²) in [6.45, 7) is 6.47. The van der Waals surface area contributed by atoms with Crippen LogP contribution in [0.15, 0.2) is 12.1 Å². The lowest BCUT2D eigenvalue weighted by atomic mass is 9.99. The number of aromatic nitrogens is 1. The van der Waals surface area contributed by atoms with E-state index in [0.717, 1.165) is 6.54 Å². The van der Waals surface area contributed by atoms with Crippen LogP contribution < -0.4 is 11.3 Å². The minimum atomic E-state index is -0.0491. The van der Waals surface area contributed by atoms with Crippen LogP contribution in [0.3, 0.4) is 0 Å². The largest absolute Gasteiger partial charge is 0.336 e. The second kappa shape index (κ2) is 5.55. The normalized spacial score (nSPS) is 18.9. The minimum absolute atomic E-state index is 0.0420. The van der Waals surface area contributed by atoms with Gasteiger partial charge in [-0.2, -0.15) is 0 Å². The molecule has 1 aliphatic heterocycles. The average Bonchev–Trinajstić information content (AvgIpc) is 2.40. The van der Waals surface area contributed by atoms with E-state index in [1.807, 2.05) is 4.90 Å². The number of nitrogens with zero attached hydrogens (tertiary/aromatic N) is 3. The summed E-state index contributed by atoms with van der Waals surface area (Å²) in [5.41, 5.74) is 2.87. The van der Waals surface area contributed by atoms with E-state index in [4.69, 9.17) is 17.4 Å². The third-order valence-electron chi connectivity index (χ3n) is 3.79. The predicted octanol–water partition coefficient (Wildman–Crippen LogP) is 1.19. The third kappa shape index (κ3) is 3.03. The smallest absolute Gasteiger partial charge is 0.254 e. The summed E-state index contributed by atoms with van der Waals surface area (Å²) in [7, 11) is 2.07. The van der Waals surface area contributed by atoms with Gasteiger partial charge in [-0.15, -0.1) is 0 Å². The number of nitrogens with two attached hydrogens (primary N) is 1. The molecule has 1 aromatic heterocycles. The molecular weight excluding hydrogens is 278 g/mol. The van der Waals surface area contributed by atoms with Crippen LogP contribution in [0, 0.1) is 0 Å². The van der Waals surface area contributed by atoms with Gasteiger partial charge in [0.1, 0.15) is 11.0 Å². The zero-order valence-corrected chi connectivity index (χ0v) is 12.7. The number of carbonyl (C=O) groups excluding carboxylic acids is 1. The summed E-state index contributed by atoms with van der Waals surface area (Å²) < 4.78 is 0. The molecule has 0 bridgehead atoms. The van der Waals surface area contributed by atoms with Crippen LogP contribution in [0.1, 0.15) is 24.2 Å². The van der Waals surface area contributed by atoms with E-state index in [9.17, 15) is 4.79 Å². The molecule has 6 nitrogen and oxygen atoms in total. The lowest BCUT2D eigenvalue weighted by molar-refractivity contribution is 0.0311. The van der Waals surface area contributed by atoms with Gasteiger partial charge in [0, 0.05) is 30.7 Å². The minimum Gasteiger partial charge on any atom is -0.336 e. The maximum absolute atomic E-state index is 12.6. The number of pyridine rings is 1. The number of nitrogens with one attached hydrogen (secondary N) is 1. The fourth-order valence-corrected chi connectivity index (χ4v) is 2.50. The highest BCUT2D eigenvalue weighted by molar-refractivity contribution is 6.29. The van der Waals surface area contributed by atoms with Crippen molar-refractivity contribution in [2.45, 2.75) is 19.4 Å². The molecule has 1 aromatic rings. The van der Waals surface area contributed by atoms with Crippen LogP contribution >= 0.6 is 11.6 Å². The number of carbonyl (C=O) groups is 1. The van der Waals surface area contributed by atoms with Crippen molar-refractivity contribution in [3.63, 3.8) is 0 Å². The molecule has 2 heterocycles. The van der Waals surface area contributed by atoms with Gasteiger partial charge < -0.3 is 10.3 Å². The van der Waals surface area contributed by atoms with Gasteiger partial charge in [-0.05, 0) is 33.0 Å². The van der Waals surface area contributed by atoms with Gasteiger partial charge in [-0.25, -0.2) is 10.8 Å². The van der Waals surface area contributed by atoms with Crippen molar-refractivity contribution in [1.29, 1.82) is 0 Å². The van der Waals surface area contributed by atoms with Crippen LogP contribution in [-0.4, -0.2) is 52.9 Å². The molecule has 1 amide bonds. The predicted molar refractivity (Wildman–Crippen MR) is 79.7 cm³/mol. The first-order chi connectivity index (χ1) is 9.33. The molecule has 3 N–H and O–H groups in total. The van der Waals surface area contributed by atoms with Gasteiger partial charge >= 0.3 is 0 Å². The first-order valence-corrected chi connectivity index (χ1v) is 6.86. The molecule has 1 aliphatic rings. The monoisotopic (exact) mass is 297 g/mol. The topological polar surface area (TPSA) is 74.5 Å². The Labute approximate surface area is 123 Å². The average molecular weight is 298 g/mol. The first kappa shape index (κ1) is 15.0. The molecule has 0 atom stereocenters. The van der Waals surface area contributed by atoms with Crippen molar-refractivity contribution in [1.82, 2.24) is 14.8 Å². The zero-order valence-electron chi connectivity index (χ0n) is 12.0. The molecule has 0 unspecified atom stereocenters. The van der Waals surface area contributed by atoms with Gasteiger partial charge in [0.15, 0.2) is 0 Å². The molecule has 0 saturated carbocycles. The molecule has 1 fully saturated rings. The number of halogens is 1. The number of hydrogen-bond donors (Lipinski definition) is 2. The van der Waals surface area contributed by atoms with Crippen molar-refractivity contribution in [2.75, 3.05) is 32.1 Å². The van der Waals surface area contributed by atoms with E-state index in [2.05, 4.69) is 36.2 Å². The Morgan fingerprint density at radius 1 is 1.45 bits per heavy atom. The van der Waals surface area contributed by atoms with Crippen LogP contribution in [0.4, 0.5) is 5.82 Å². The van der Waals surface area contributed by atoms with Crippen LogP contribution in [-0.2, 0) is 0 Å². The van der Waals surface area contributed by atoms with Crippen molar-refractivity contribution in [2.24, 2.45) is 5.84 Å². The quantitative estimate of drug-likeness (QED) is 0.487. The highest BCUT2D eigenvalue weighted by Crippen LogP contribution is 2.22. The second-order valence-electron chi connectivity index (χ2n) is 5.67. The number of hydrogen-bond acceptors (Lipinski definition) is 5.